The van der Waals surface area contributed by atoms with E-state index < -0.39 is 10.0 Å². The molecule has 0 aliphatic heterocycles. The molecule has 1 aromatic heterocycles. The van der Waals surface area contributed by atoms with Crippen molar-refractivity contribution in [3.8, 4) is 0 Å². The molecule has 1 aliphatic rings. The number of rotatable bonds is 6. The second kappa shape index (κ2) is 5.03. The molecule has 0 amide bonds. The van der Waals surface area contributed by atoms with Gasteiger partial charge in [0.05, 0.1) is 6.54 Å². The Labute approximate surface area is 108 Å². The monoisotopic (exact) mass is 272 g/mol. The Kier molecular flexibility index (Phi) is 3.79. The molecule has 1 heterocycles. The lowest BCUT2D eigenvalue weighted by molar-refractivity contribution is 0.448. The lowest BCUT2D eigenvalue weighted by atomic mass is 10.4. The van der Waals surface area contributed by atoms with Crippen LogP contribution < -0.4 is 5.32 Å². The van der Waals surface area contributed by atoms with E-state index in [9.17, 15) is 8.42 Å². The summed E-state index contributed by atoms with van der Waals surface area (Å²) in [5.41, 5.74) is 0. The highest BCUT2D eigenvalue weighted by Gasteiger charge is 2.36. The van der Waals surface area contributed by atoms with Crippen LogP contribution in [0.2, 0.25) is 0 Å². The summed E-state index contributed by atoms with van der Waals surface area (Å²) >= 11 is 0. The number of aryl methyl sites for hydroxylation is 1. The summed E-state index contributed by atoms with van der Waals surface area (Å²) in [5.74, 6) is 1.13. The highest BCUT2D eigenvalue weighted by molar-refractivity contribution is 7.89. The summed E-state index contributed by atoms with van der Waals surface area (Å²) in [7, 11) is -1.76. The van der Waals surface area contributed by atoms with Crippen LogP contribution in [0.15, 0.2) is 15.4 Å². The van der Waals surface area contributed by atoms with Crippen LogP contribution in [0.3, 0.4) is 0 Å². The van der Waals surface area contributed by atoms with Gasteiger partial charge >= 0.3 is 0 Å². The minimum atomic E-state index is -3.40. The van der Waals surface area contributed by atoms with E-state index in [1.165, 1.54) is 4.31 Å². The lowest BCUT2D eigenvalue weighted by Crippen LogP contribution is -2.29. The van der Waals surface area contributed by atoms with Crippen molar-refractivity contribution < 1.29 is 12.8 Å². The Bertz CT molecular complexity index is 517. The standard InChI is InChI=1S/C12H20N2O3S/c1-4-13-8-11-7-12(9(2)17-11)18(15,16)14(3)10-5-6-10/h7,10,13H,4-6,8H2,1-3H3. The third-order valence-electron chi connectivity index (χ3n) is 3.19. The zero-order valence-electron chi connectivity index (χ0n) is 11.1. The second-order valence-electron chi connectivity index (χ2n) is 4.67. The van der Waals surface area contributed by atoms with Crippen molar-refractivity contribution in [2.75, 3.05) is 13.6 Å². The van der Waals surface area contributed by atoms with Gasteiger partial charge in [0.25, 0.3) is 0 Å². The lowest BCUT2D eigenvalue weighted by Gasteiger charge is -2.15. The highest BCUT2D eigenvalue weighted by atomic mass is 32.2. The molecule has 5 nitrogen and oxygen atoms in total. The largest absolute Gasteiger partial charge is 0.464 e. The molecule has 0 bridgehead atoms. The summed E-state index contributed by atoms with van der Waals surface area (Å²) in [4.78, 5) is 0.296. The predicted molar refractivity (Wildman–Crippen MR) is 68.8 cm³/mol. The average molecular weight is 272 g/mol. The number of nitrogens with one attached hydrogen (secondary N) is 1. The van der Waals surface area contributed by atoms with Gasteiger partial charge in [0, 0.05) is 19.2 Å². The van der Waals surface area contributed by atoms with Crippen molar-refractivity contribution in [1.82, 2.24) is 9.62 Å². The summed E-state index contributed by atoms with van der Waals surface area (Å²) in [5, 5.41) is 3.12. The number of sulfonamides is 1. The van der Waals surface area contributed by atoms with Gasteiger partial charge in [0.15, 0.2) is 0 Å². The Balaban J connectivity index is 2.23. The molecule has 0 aromatic carbocycles. The second-order valence-corrected chi connectivity index (χ2v) is 6.63. The topological polar surface area (TPSA) is 62.6 Å². The molecule has 0 unspecified atom stereocenters. The van der Waals surface area contributed by atoms with E-state index in [4.69, 9.17) is 4.42 Å². The predicted octanol–water partition coefficient (Wildman–Crippen LogP) is 1.48. The van der Waals surface area contributed by atoms with Crippen LogP contribution in [-0.4, -0.2) is 32.4 Å². The van der Waals surface area contributed by atoms with Crippen molar-refractivity contribution in [1.29, 1.82) is 0 Å². The van der Waals surface area contributed by atoms with Gasteiger partial charge in [-0.2, -0.15) is 4.31 Å². The zero-order valence-corrected chi connectivity index (χ0v) is 11.9. The summed E-state index contributed by atoms with van der Waals surface area (Å²) in [6.07, 6.45) is 1.91. The third-order valence-corrected chi connectivity index (χ3v) is 5.21. The van der Waals surface area contributed by atoms with Gasteiger partial charge in [-0.05, 0) is 26.3 Å². The van der Waals surface area contributed by atoms with Gasteiger partial charge in [-0.3, -0.25) is 0 Å². The molecule has 0 spiro atoms. The Morgan fingerprint density at radius 2 is 2.17 bits per heavy atom. The van der Waals surface area contributed by atoms with Crippen molar-refractivity contribution in [3.63, 3.8) is 0 Å². The van der Waals surface area contributed by atoms with Gasteiger partial charge in [-0.15, -0.1) is 0 Å². The van der Waals surface area contributed by atoms with Crippen LogP contribution in [0.1, 0.15) is 31.3 Å². The first-order valence-corrected chi connectivity index (χ1v) is 7.69. The van der Waals surface area contributed by atoms with Gasteiger partial charge in [-0.1, -0.05) is 6.92 Å². The van der Waals surface area contributed by atoms with E-state index >= 15 is 0 Å². The smallest absolute Gasteiger partial charge is 0.246 e. The molecule has 0 radical (unpaired) electrons. The highest BCUT2D eigenvalue weighted by Crippen LogP contribution is 2.32. The molecule has 18 heavy (non-hydrogen) atoms. The quantitative estimate of drug-likeness (QED) is 0.852. The van der Waals surface area contributed by atoms with Crippen LogP contribution in [0.5, 0.6) is 0 Å². The third kappa shape index (κ3) is 2.60. The Morgan fingerprint density at radius 1 is 1.50 bits per heavy atom. The zero-order chi connectivity index (χ0) is 13.3. The molecular formula is C12H20N2O3S. The van der Waals surface area contributed by atoms with E-state index in [0.29, 0.717) is 23.0 Å². The average Bonchev–Trinajstić information content (AvgIpc) is 3.09. The summed E-state index contributed by atoms with van der Waals surface area (Å²) in [6.45, 7) is 5.07. The van der Waals surface area contributed by atoms with Gasteiger partial charge in [0.2, 0.25) is 10.0 Å². The minimum Gasteiger partial charge on any atom is -0.464 e. The molecule has 0 atom stereocenters. The van der Waals surface area contributed by atoms with Crippen LogP contribution in [0.4, 0.5) is 0 Å². The van der Waals surface area contributed by atoms with Gasteiger partial charge in [-0.25, -0.2) is 8.42 Å². The van der Waals surface area contributed by atoms with Crippen molar-refractivity contribution in [2.45, 2.75) is 44.2 Å². The Morgan fingerprint density at radius 3 is 2.72 bits per heavy atom. The molecule has 1 saturated carbocycles. The first kappa shape index (κ1) is 13.6. The fourth-order valence-electron chi connectivity index (χ4n) is 1.91. The normalized spacial score (nSPS) is 16.4. The number of nitrogens with zero attached hydrogens (tertiary/aromatic N) is 1. The molecule has 1 fully saturated rings. The van der Waals surface area contributed by atoms with Crippen LogP contribution in [0, 0.1) is 6.92 Å². The van der Waals surface area contributed by atoms with Crippen LogP contribution >= 0.6 is 0 Å². The molecule has 102 valence electrons. The SMILES string of the molecule is CCNCc1cc(S(=O)(=O)N(C)C2CC2)c(C)o1. The number of hydrogen-bond donors (Lipinski definition) is 1. The Hall–Kier alpha value is -0.850. The maximum atomic E-state index is 12.4. The fourth-order valence-corrected chi connectivity index (χ4v) is 3.50. The van der Waals surface area contributed by atoms with E-state index in [2.05, 4.69) is 5.32 Å². The first-order chi connectivity index (χ1) is 8.46. The van der Waals surface area contributed by atoms with E-state index in [0.717, 1.165) is 19.4 Å². The summed E-state index contributed by atoms with van der Waals surface area (Å²) in [6, 6.07) is 1.80. The maximum Gasteiger partial charge on any atom is 0.246 e. The van der Waals surface area contributed by atoms with Crippen molar-refractivity contribution >= 4 is 10.0 Å². The van der Waals surface area contributed by atoms with Crippen molar-refractivity contribution in [3.05, 3.63) is 17.6 Å². The van der Waals surface area contributed by atoms with Crippen LogP contribution in [-0.2, 0) is 16.6 Å². The molecule has 6 heteroatoms. The molecule has 0 saturated heterocycles. The fraction of sp³-hybridized carbons (Fsp3) is 0.667. The molecule has 1 aliphatic carbocycles. The van der Waals surface area contributed by atoms with E-state index in [1.807, 2.05) is 6.92 Å². The van der Waals surface area contributed by atoms with Crippen LogP contribution in [0.25, 0.3) is 0 Å². The summed E-state index contributed by atoms with van der Waals surface area (Å²) < 4.78 is 31.7. The number of furan rings is 1. The minimum absolute atomic E-state index is 0.168. The molecule has 1 N–H and O–H groups in total. The molecular weight excluding hydrogens is 252 g/mol. The first-order valence-electron chi connectivity index (χ1n) is 6.25. The van der Waals surface area contributed by atoms with Crippen molar-refractivity contribution in [2.24, 2.45) is 0 Å². The van der Waals surface area contributed by atoms with E-state index in [-0.39, 0.29) is 6.04 Å². The number of hydrogen-bond acceptors (Lipinski definition) is 4. The molecule has 2 rings (SSSR count). The van der Waals surface area contributed by atoms with Gasteiger partial charge in [0.1, 0.15) is 16.4 Å². The van der Waals surface area contributed by atoms with Gasteiger partial charge < -0.3 is 9.73 Å². The maximum absolute atomic E-state index is 12.4. The molecule has 1 aromatic rings. The van der Waals surface area contributed by atoms with E-state index in [1.54, 1.807) is 20.0 Å².